The van der Waals surface area contributed by atoms with Gasteiger partial charge in [-0.1, -0.05) is 13.8 Å². The third kappa shape index (κ3) is 3.91. The minimum absolute atomic E-state index is 0.125. The number of nitrogens with zero attached hydrogens (tertiary/aromatic N) is 3. The number of nitriles is 1. The number of aliphatic carboxylic acids is 1. The molecular weight excluding hydrogens is 264 g/mol. The van der Waals surface area contributed by atoms with Gasteiger partial charge in [0.1, 0.15) is 17.9 Å². The van der Waals surface area contributed by atoms with Crippen LogP contribution in [0.1, 0.15) is 26.0 Å². The van der Waals surface area contributed by atoms with Crippen LogP contribution in [0.2, 0.25) is 0 Å². The molecule has 0 saturated carbocycles. The van der Waals surface area contributed by atoms with Crippen LogP contribution >= 0.6 is 0 Å². The van der Waals surface area contributed by atoms with Gasteiger partial charge in [-0.05, 0) is 18.4 Å². The van der Waals surface area contributed by atoms with Gasteiger partial charge in [0.15, 0.2) is 0 Å². The zero-order valence-corrected chi connectivity index (χ0v) is 11.0. The summed E-state index contributed by atoms with van der Waals surface area (Å²) < 4.78 is 0. The summed E-state index contributed by atoms with van der Waals surface area (Å²) in [6.07, 6.45) is 0.371. The van der Waals surface area contributed by atoms with Gasteiger partial charge in [0, 0.05) is 6.07 Å². The van der Waals surface area contributed by atoms with Crippen LogP contribution in [0, 0.1) is 27.4 Å². The largest absolute Gasteiger partial charge is 0.480 e. The highest BCUT2D eigenvalue weighted by Crippen LogP contribution is 2.19. The number of hydrogen-bond acceptors (Lipinski definition) is 6. The maximum Gasteiger partial charge on any atom is 0.326 e. The molecule has 106 valence electrons. The molecule has 1 aromatic heterocycles. The Morgan fingerprint density at radius 2 is 2.25 bits per heavy atom. The molecule has 1 aromatic rings. The van der Waals surface area contributed by atoms with Crippen molar-refractivity contribution in [2.24, 2.45) is 5.92 Å². The number of hydrogen-bond donors (Lipinski definition) is 2. The summed E-state index contributed by atoms with van der Waals surface area (Å²) in [5.74, 6) is -0.769. The molecular formula is C12H14N4O4. The Kier molecular flexibility index (Phi) is 4.97. The van der Waals surface area contributed by atoms with Gasteiger partial charge < -0.3 is 10.4 Å². The predicted octanol–water partition coefficient (Wildman–Crippen LogP) is 1.77. The second-order valence-electron chi connectivity index (χ2n) is 4.60. The summed E-state index contributed by atoms with van der Waals surface area (Å²) in [4.78, 5) is 24.8. The van der Waals surface area contributed by atoms with Crippen LogP contribution in [-0.4, -0.2) is 27.0 Å². The van der Waals surface area contributed by atoms with Crippen LogP contribution < -0.4 is 5.32 Å². The molecule has 1 rings (SSSR count). The van der Waals surface area contributed by atoms with Crippen molar-refractivity contribution in [3.63, 3.8) is 0 Å². The topological polar surface area (TPSA) is 129 Å². The van der Waals surface area contributed by atoms with Crippen molar-refractivity contribution in [3.05, 3.63) is 27.9 Å². The molecule has 0 aromatic carbocycles. The van der Waals surface area contributed by atoms with E-state index >= 15 is 0 Å². The number of anilines is 1. The number of rotatable bonds is 6. The molecule has 20 heavy (non-hydrogen) atoms. The zero-order valence-electron chi connectivity index (χ0n) is 11.0. The van der Waals surface area contributed by atoms with Crippen LogP contribution in [0.3, 0.4) is 0 Å². The maximum absolute atomic E-state index is 11.1. The monoisotopic (exact) mass is 278 g/mol. The van der Waals surface area contributed by atoms with E-state index in [0.717, 1.165) is 6.07 Å². The number of pyridine rings is 1. The van der Waals surface area contributed by atoms with Gasteiger partial charge in [0.2, 0.25) is 5.69 Å². The summed E-state index contributed by atoms with van der Waals surface area (Å²) >= 11 is 0. The Bertz CT molecular complexity index is 565. The normalized spacial score (nSPS) is 11.7. The highest BCUT2D eigenvalue weighted by Gasteiger charge is 2.21. The molecule has 2 N–H and O–H groups in total. The molecule has 1 atom stereocenters. The summed E-state index contributed by atoms with van der Waals surface area (Å²) in [6.45, 7) is 3.75. The van der Waals surface area contributed by atoms with E-state index in [1.54, 1.807) is 6.07 Å². The number of nitrogens with one attached hydrogen (secondary N) is 1. The molecule has 1 heterocycles. The van der Waals surface area contributed by atoms with Crippen LogP contribution in [0.5, 0.6) is 0 Å². The first-order valence-corrected chi connectivity index (χ1v) is 5.90. The lowest BCUT2D eigenvalue weighted by Gasteiger charge is -2.16. The Morgan fingerprint density at radius 1 is 1.60 bits per heavy atom. The fraction of sp³-hybridized carbons (Fsp3) is 0.417. The first-order chi connectivity index (χ1) is 9.35. The van der Waals surface area contributed by atoms with E-state index in [2.05, 4.69) is 10.3 Å². The maximum atomic E-state index is 11.1. The molecule has 8 heteroatoms. The van der Waals surface area contributed by atoms with E-state index in [4.69, 9.17) is 10.4 Å². The minimum atomic E-state index is -1.04. The second kappa shape index (κ2) is 6.47. The minimum Gasteiger partial charge on any atom is -0.480 e. The molecule has 0 amide bonds. The fourth-order valence-corrected chi connectivity index (χ4v) is 1.63. The van der Waals surface area contributed by atoms with Gasteiger partial charge in [-0.25, -0.2) is 9.78 Å². The number of aromatic nitrogens is 1. The number of carboxylic acid groups (broad SMARTS) is 1. The molecule has 8 nitrogen and oxygen atoms in total. The first-order valence-electron chi connectivity index (χ1n) is 5.90. The standard InChI is InChI=1S/C12H14N4O4/c1-7(2)5-8(12(17)18)14-11-4-3-10(16(19)20)9(6-13)15-11/h3-4,7-8H,5H2,1-2H3,(H,14,15)(H,17,18). The van der Waals surface area contributed by atoms with E-state index in [9.17, 15) is 14.9 Å². The summed E-state index contributed by atoms with van der Waals surface area (Å²) in [6, 6.07) is 3.17. The molecule has 1 unspecified atom stereocenters. The molecule has 0 fully saturated rings. The Labute approximate surface area is 115 Å². The molecule has 0 spiro atoms. The third-order valence-electron chi connectivity index (χ3n) is 2.50. The highest BCUT2D eigenvalue weighted by molar-refractivity contribution is 5.77. The zero-order chi connectivity index (χ0) is 15.3. The van der Waals surface area contributed by atoms with Crippen molar-refractivity contribution < 1.29 is 14.8 Å². The van der Waals surface area contributed by atoms with E-state index in [1.807, 2.05) is 13.8 Å². The Balaban J connectivity index is 3.00. The first kappa shape index (κ1) is 15.4. The van der Waals surface area contributed by atoms with Gasteiger partial charge in [-0.3, -0.25) is 10.1 Å². The summed E-state index contributed by atoms with van der Waals surface area (Å²) in [5.41, 5.74) is -0.762. The smallest absolute Gasteiger partial charge is 0.326 e. The van der Waals surface area contributed by atoms with Crippen LogP contribution in [0.15, 0.2) is 12.1 Å². The van der Waals surface area contributed by atoms with Crippen LogP contribution in [0.25, 0.3) is 0 Å². The van der Waals surface area contributed by atoms with Gasteiger partial charge in [-0.2, -0.15) is 5.26 Å². The number of carbonyl (C=O) groups is 1. The second-order valence-corrected chi connectivity index (χ2v) is 4.60. The summed E-state index contributed by atoms with van der Waals surface area (Å²) in [5, 5.41) is 31.2. The van der Waals surface area contributed by atoms with Gasteiger partial charge in [-0.15, -0.1) is 0 Å². The quantitative estimate of drug-likeness (QED) is 0.599. The van der Waals surface area contributed by atoms with Crippen LogP contribution in [0.4, 0.5) is 11.5 Å². The van der Waals surface area contributed by atoms with Gasteiger partial charge in [0.25, 0.3) is 0 Å². The lowest BCUT2D eigenvalue weighted by molar-refractivity contribution is -0.385. The summed E-state index contributed by atoms with van der Waals surface area (Å²) in [7, 11) is 0. The van der Waals surface area contributed by atoms with Crippen molar-refractivity contribution in [2.75, 3.05) is 5.32 Å². The van der Waals surface area contributed by atoms with Crippen molar-refractivity contribution >= 4 is 17.5 Å². The lowest BCUT2D eigenvalue weighted by atomic mass is 10.0. The highest BCUT2D eigenvalue weighted by atomic mass is 16.6. The molecule has 0 radical (unpaired) electrons. The van der Waals surface area contributed by atoms with Crippen molar-refractivity contribution in [2.45, 2.75) is 26.3 Å². The average molecular weight is 278 g/mol. The SMILES string of the molecule is CC(C)CC(Nc1ccc([N+](=O)[O-])c(C#N)n1)C(=O)O. The molecule has 0 aliphatic rings. The lowest BCUT2D eigenvalue weighted by Crippen LogP contribution is -2.31. The van der Waals surface area contributed by atoms with E-state index < -0.39 is 22.6 Å². The average Bonchev–Trinajstić information content (AvgIpc) is 2.36. The van der Waals surface area contributed by atoms with Crippen molar-refractivity contribution in [1.82, 2.24) is 4.98 Å². The molecule has 0 aliphatic carbocycles. The fourth-order valence-electron chi connectivity index (χ4n) is 1.63. The van der Waals surface area contributed by atoms with E-state index in [1.165, 1.54) is 6.07 Å². The van der Waals surface area contributed by atoms with Gasteiger partial charge >= 0.3 is 11.7 Å². The molecule has 0 saturated heterocycles. The van der Waals surface area contributed by atoms with E-state index in [0.29, 0.717) is 6.42 Å². The number of carboxylic acids is 1. The Morgan fingerprint density at radius 3 is 2.70 bits per heavy atom. The predicted molar refractivity (Wildman–Crippen MR) is 70.1 cm³/mol. The van der Waals surface area contributed by atoms with Crippen LogP contribution in [-0.2, 0) is 4.79 Å². The van der Waals surface area contributed by atoms with E-state index in [-0.39, 0.29) is 17.4 Å². The molecule has 0 aliphatic heterocycles. The third-order valence-corrected chi connectivity index (χ3v) is 2.50. The Hall–Kier alpha value is -2.69. The number of nitro groups is 1. The molecule has 0 bridgehead atoms. The van der Waals surface area contributed by atoms with Crippen molar-refractivity contribution in [3.8, 4) is 6.07 Å². The van der Waals surface area contributed by atoms with Gasteiger partial charge in [0.05, 0.1) is 4.92 Å². The van der Waals surface area contributed by atoms with Crippen molar-refractivity contribution in [1.29, 1.82) is 5.26 Å².